The summed E-state index contributed by atoms with van der Waals surface area (Å²) in [6.07, 6.45) is 0. The maximum Gasteiger partial charge on any atom is 0.159 e. The lowest BCUT2D eigenvalue weighted by molar-refractivity contribution is 0.101. The third-order valence-electron chi connectivity index (χ3n) is 2.46. The first-order chi connectivity index (χ1) is 7.18. The zero-order chi connectivity index (χ0) is 10.8. The molecule has 0 aliphatic carbocycles. The number of rotatable bonds is 2. The smallest absolute Gasteiger partial charge is 0.159 e. The average Bonchev–Trinajstić information content (AvgIpc) is 2.65. The number of thiophene rings is 1. The Morgan fingerprint density at radius 3 is 2.27 bits per heavy atom. The summed E-state index contributed by atoms with van der Waals surface area (Å²) >= 11 is 1.74. The lowest BCUT2D eigenvalue weighted by atomic mass is 10.0. The van der Waals surface area contributed by atoms with E-state index >= 15 is 0 Å². The molecule has 2 aromatic rings. The Hall–Kier alpha value is -1.41. The van der Waals surface area contributed by atoms with E-state index in [1.807, 2.05) is 24.3 Å². The summed E-state index contributed by atoms with van der Waals surface area (Å²) < 4.78 is 0. The molecule has 2 rings (SSSR count). The minimum atomic E-state index is 0.114. The maximum absolute atomic E-state index is 11.1. The lowest BCUT2D eigenvalue weighted by Gasteiger charge is -2.01. The van der Waals surface area contributed by atoms with Crippen LogP contribution < -0.4 is 0 Å². The summed E-state index contributed by atoms with van der Waals surface area (Å²) in [6, 6.07) is 9.89. The summed E-state index contributed by atoms with van der Waals surface area (Å²) in [6.45, 7) is 3.70. The molecule has 0 saturated carbocycles. The van der Waals surface area contributed by atoms with Crippen molar-refractivity contribution >= 4 is 17.1 Å². The van der Waals surface area contributed by atoms with Gasteiger partial charge in [0.15, 0.2) is 5.78 Å². The summed E-state index contributed by atoms with van der Waals surface area (Å²) in [5.41, 5.74) is 3.21. The zero-order valence-electron chi connectivity index (χ0n) is 8.78. The Balaban J connectivity index is 2.40. The van der Waals surface area contributed by atoms with Crippen molar-refractivity contribution in [3.8, 4) is 11.1 Å². The molecular formula is C13H12OS. The fraction of sp³-hybridized carbons (Fsp3) is 0.154. The SMILES string of the molecule is CC(=O)c1ccc(-c2ccsc2C)cc1. The van der Waals surface area contributed by atoms with E-state index in [2.05, 4.69) is 18.4 Å². The highest BCUT2D eigenvalue weighted by molar-refractivity contribution is 7.10. The number of Topliss-reactive ketones (excluding diaryl/α,β-unsaturated/α-hetero) is 1. The monoisotopic (exact) mass is 216 g/mol. The molecule has 0 fully saturated rings. The van der Waals surface area contributed by atoms with Crippen molar-refractivity contribution in [2.75, 3.05) is 0 Å². The Labute approximate surface area is 93.4 Å². The van der Waals surface area contributed by atoms with E-state index < -0.39 is 0 Å². The molecule has 0 aliphatic rings. The predicted octanol–water partition coefficient (Wildman–Crippen LogP) is 3.93. The molecule has 0 saturated heterocycles. The van der Waals surface area contributed by atoms with Crippen LogP contribution >= 0.6 is 11.3 Å². The van der Waals surface area contributed by atoms with Gasteiger partial charge in [0.25, 0.3) is 0 Å². The number of carbonyl (C=O) groups is 1. The Kier molecular flexibility index (Phi) is 2.69. The van der Waals surface area contributed by atoms with Gasteiger partial charge in [-0.1, -0.05) is 24.3 Å². The normalized spacial score (nSPS) is 10.3. The molecule has 0 amide bonds. The second-order valence-corrected chi connectivity index (χ2v) is 4.64. The topological polar surface area (TPSA) is 17.1 Å². The molecule has 0 N–H and O–H groups in total. The van der Waals surface area contributed by atoms with E-state index in [0.29, 0.717) is 0 Å². The van der Waals surface area contributed by atoms with Gasteiger partial charge in [-0.3, -0.25) is 4.79 Å². The molecule has 0 radical (unpaired) electrons. The van der Waals surface area contributed by atoms with Crippen LogP contribution in [0.25, 0.3) is 11.1 Å². The zero-order valence-corrected chi connectivity index (χ0v) is 9.60. The molecule has 2 heteroatoms. The standard InChI is InChI=1S/C13H12OS/c1-9(14)11-3-5-12(6-4-11)13-7-8-15-10(13)2/h3-8H,1-2H3. The third kappa shape index (κ3) is 2.00. The molecular weight excluding hydrogens is 204 g/mol. The van der Waals surface area contributed by atoms with Crippen LogP contribution in [0.1, 0.15) is 22.2 Å². The molecule has 1 heterocycles. The Morgan fingerprint density at radius 2 is 1.80 bits per heavy atom. The molecule has 76 valence electrons. The molecule has 1 nitrogen and oxygen atoms in total. The van der Waals surface area contributed by atoms with E-state index in [9.17, 15) is 4.79 Å². The van der Waals surface area contributed by atoms with Crippen molar-refractivity contribution < 1.29 is 4.79 Å². The van der Waals surface area contributed by atoms with Gasteiger partial charge in [0.1, 0.15) is 0 Å². The van der Waals surface area contributed by atoms with Crippen molar-refractivity contribution in [3.05, 3.63) is 46.2 Å². The first-order valence-corrected chi connectivity index (χ1v) is 5.72. The van der Waals surface area contributed by atoms with E-state index in [-0.39, 0.29) is 5.78 Å². The van der Waals surface area contributed by atoms with Crippen LogP contribution in [0.3, 0.4) is 0 Å². The minimum Gasteiger partial charge on any atom is -0.295 e. The van der Waals surface area contributed by atoms with Crippen LogP contribution in [0.2, 0.25) is 0 Å². The number of carbonyl (C=O) groups excluding carboxylic acids is 1. The van der Waals surface area contributed by atoms with Gasteiger partial charge in [0.05, 0.1) is 0 Å². The quantitative estimate of drug-likeness (QED) is 0.695. The predicted molar refractivity (Wildman–Crippen MR) is 64.5 cm³/mol. The van der Waals surface area contributed by atoms with Crippen molar-refractivity contribution in [1.82, 2.24) is 0 Å². The average molecular weight is 216 g/mol. The Morgan fingerprint density at radius 1 is 1.13 bits per heavy atom. The van der Waals surface area contributed by atoms with Gasteiger partial charge in [-0.05, 0) is 36.4 Å². The van der Waals surface area contributed by atoms with Crippen molar-refractivity contribution in [1.29, 1.82) is 0 Å². The van der Waals surface area contributed by atoms with Crippen LogP contribution in [-0.2, 0) is 0 Å². The maximum atomic E-state index is 11.1. The van der Waals surface area contributed by atoms with Gasteiger partial charge in [0.2, 0.25) is 0 Å². The molecule has 1 aromatic heterocycles. The highest BCUT2D eigenvalue weighted by Crippen LogP contribution is 2.27. The molecule has 0 bridgehead atoms. The summed E-state index contributed by atoms with van der Waals surface area (Å²) in [5, 5.41) is 2.09. The van der Waals surface area contributed by atoms with Crippen molar-refractivity contribution in [2.24, 2.45) is 0 Å². The van der Waals surface area contributed by atoms with E-state index in [1.165, 1.54) is 16.0 Å². The van der Waals surface area contributed by atoms with Crippen LogP contribution in [-0.4, -0.2) is 5.78 Å². The number of hydrogen-bond acceptors (Lipinski definition) is 2. The lowest BCUT2D eigenvalue weighted by Crippen LogP contribution is -1.90. The molecule has 0 spiro atoms. The third-order valence-corrected chi connectivity index (χ3v) is 3.31. The molecule has 0 atom stereocenters. The first kappa shape index (κ1) is 10.1. The van der Waals surface area contributed by atoms with Gasteiger partial charge in [-0.25, -0.2) is 0 Å². The van der Waals surface area contributed by atoms with Crippen LogP contribution in [0.5, 0.6) is 0 Å². The first-order valence-electron chi connectivity index (χ1n) is 4.84. The number of hydrogen-bond donors (Lipinski definition) is 0. The van der Waals surface area contributed by atoms with E-state index in [1.54, 1.807) is 18.3 Å². The summed E-state index contributed by atoms with van der Waals surface area (Å²) in [4.78, 5) is 12.4. The van der Waals surface area contributed by atoms with Gasteiger partial charge in [-0.15, -0.1) is 11.3 Å². The highest BCUT2D eigenvalue weighted by atomic mass is 32.1. The highest BCUT2D eigenvalue weighted by Gasteiger charge is 2.03. The van der Waals surface area contributed by atoms with Gasteiger partial charge >= 0.3 is 0 Å². The van der Waals surface area contributed by atoms with Gasteiger partial charge in [-0.2, -0.15) is 0 Å². The second kappa shape index (κ2) is 3.99. The molecule has 1 aromatic carbocycles. The summed E-state index contributed by atoms with van der Waals surface area (Å²) in [7, 11) is 0. The molecule has 15 heavy (non-hydrogen) atoms. The number of benzene rings is 1. The van der Waals surface area contributed by atoms with E-state index in [0.717, 1.165) is 5.56 Å². The van der Waals surface area contributed by atoms with E-state index in [4.69, 9.17) is 0 Å². The number of aryl methyl sites for hydroxylation is 1. The fourth-order valence-electron chi connectivity index (χ4n) is 1.57. The molecule has 0 unspecified atom stereocenters. The number of ketones is 1. The van der Waals surface area contributed by atoms with Crippen LogP contribution in [0, 0.1) is 6.92 Å². The van der Waals surface area contributed by atoms with Crippen molar-refractivity contribution in [3.63, 3.8) is 0 Å². The largest absolute Gasteiger partial charge is 0.295 e. The van der Waals surface area contributed by atoms with Crippen LogP contribution in [0.15, 0.2) is 35.7 Å². The van der Waals surface area contributed by atoms with Crippen molar-refractivity contribution in [2.45, 2.75) is 13.8 Å². The minimum absolute atomic E-state index is 0.114. The van der Waals surface area contributed by atoms with Gasteiger partial charge < -0.3 is 0 Å². The second-order valence-electron chi connectivity index (χ2n) is 3.52. The Bertz CT molecular complexity index is 479. The fourth-order valence-corrected chi connectivity index (χ4v) is 2.29. The summed E-state index contributed by atoms with van der Waals surface area (Å²) in [5.74, 6) is 0.114. The van der Waals surface area contributed by atoms with Crippen LogP contribution in [0.4, 0.5) is 0 Å². The van der Waals surface area contributed by atoms with Gasteiger partial charge in [0, 0.05) is 10.4 Å². The molecule has 0 aliphatic heterocycles.